The predicted molar refractivity (Wildman–Crippen MR) is 83.8 cm³/mol. The van der Waals surface area contributed by atoms with Gasteiger partial charge in [-0.05, 0) is 25.1 Å². The van der Waals surface area contributed by atoms with Gasteiger partial charge in [-0.15, -0.1) is 0 Å². The van der Waals surface area contributed by atoms with E-state index in [-0.39, 0.29) is 5.91 Å². The van der Waals surface area contributed by atoms with E-state index in [1.165, 1.54) is 4.90 Å². The normalized spacial score (nSPS) is 12.1. The molecule has 0 bridgehead atoms. The molecule has 0 saturated heterocycles. The molecule has 1 rings (SSSR count). The molecule has 118 valence electrons. The molecule has 1 unspecified atom stereocenters. The SMILES string of the molecule is COc1ccc(OC(C)C(=O)N(C)C)c(CNC(C)C)c1. The summed E-state index contributed by atoms with van der Waals surface area (Å²) in [5, 5.41) is 3.35. The fourth-order valence-electron chi connectivity index (χ4n) is 1.85. The lowest BCUT2D eigenvalue weighted by molar-refractivity contribution is -0.135. The maximum absolute atomic E-state index is 11.9. The van der Waals surface area contributed by atoms with Crippen LogP contribution < -0.4 is 14.8 Å². The van der Waals surface area contributed by atoms with Crippen molar-refractivity contribution >= 4 is 5.91 Å². The fraction of sp³-hybridized carbons (Fsp3) is 0.562. The van der Waals surface area contributed by atoms with Gasteiger partial charge in [0.1, 0.15) is 11.5 Å². The highest BCUT2D eigenvalue weighted by molar-refractivity contribution is 5.80. The van der Waals surface area contributed by atoms with Crippen molar-refractivity contribution in [3.05, 3.63) is 23.8 Å². The lowest BCUT2D eigenvalue weighted by Gasteiger charge is -2.21. The molecule has 1 amide bonds. The Bertz CT molecular complexity index is 473. The van der Waals surface area contributed by atoms with E-state index in [1.54, 1.807) is 28.1 Å². The van der Waals surface area contributed by atoms with Crippen LogP contribution in [0.5, 0.6) is 11.5 Å². The minimum atomic E-state index is -0.522. The summed E-state index contributed by atoms with van der Waals surface area (Å²) in [6.07, 6.45) is -0.522. The number of hydrogen-bond donors (Lipinski definition) is 1. The number of benzene rings is 1. The van der Waals surface area contributed by atoms with Crippen molar-refractivity contribution in [1.29, 1.82) is 0 Å². The average Bonchev–Trinajstić information content (AvgIpc) is 2.44. The monoisotopic (exact) mass is 294 g/mol. The van der Waals surface area contributed by atoms with E-state index in [0.717, 1.165) is 11.3 Å². The number of amides is 1. The zero-order chi connectivity index (χ0) is 16.0. The van der Waals surface area contributed by atoms with Gasteiger partial charge in [0, 0.05) is 32.2 Å². The van der Waals surface area contributed by atoms with Crippen LogP contribution in [0, 0.1) is 0 Å². The molecule has 0 fully saturated rings. The van der Waals surface area contributed by atoms with Crippen LogP contribution in [0.25, 0.3) is 0 Å². The van der Waals surface area contributed by atoms with Crippen LogP contribution in [-0.4, -0.2) is 44.2 Å². The third kappa shape index (κ3) is 5.27. The second-order valence-corrected chi connectivity index (χ2v) is 5.50. The molecule has 1 aromatic carbocycles. The third-order valence-electron chi connectivity index (χ3n) is 3.06. The van der Waals surface area contributed by atoms with E-state index in [4.69, 9.17) is 9.47 Å². The summed E-state index contributed by atoms with van der Waals surface area (Å²) in [7, 11) is 5.07. The summed E-state index contributed by atoms with van der Waals surface area (Å²) >= 11 is 0. The van der Waals surface area contributed by atoms with Crippen LogP contribution >= 0.6 is 0 Å². The van der Waals surface area contributed by atoms with Crippen molar-refractivity contribution in [2.75, 3.05) is 21.2 Å². The fourth-order valence-corrected chi connectivity index (χ4v) is 1.85. The first-order chi connectivity index (χ1) is 9.85. The molecule has 21 heavy (non-hydrogen) atoms. The molecule has 1 aromatic rings. The van der Waals surface area contributed by atoms with Gasteiger partial charge in [-0.25, -0.2) is 0 Å². The number of nitrogens with one attached hydrogen (secondary N) is 1. The Kier molecular flexibility index (Phi) is 6.49. The lowest BCUT2D eigenvalue weighted by Crippen LogP contribution is -2.35. The van der Waals surface area contributed by atoms with Crippen molar-refractivity contribution in [2.45, 2.75) is 39.5 Å². The average molecular weight is 294 g/mol. The van der Waals surface area contributed by atoms with E-state index < -0.39 is 6.10 Å². The number of likely N-dealkylation sites (N-methyl/N-ethyl adjacent to an activating group) is 1. The summed E-state index contributed by atoms with van der Waals surface area (Å²) in [5.41, 5.74) is 0.974. The number of methoxy groups -OCH3 is 1. The topological polar surface area (TPSA) is 50.8 Å². The van der Waals surface area contributed by atoms with Crippen LogP contribution in [0.4, 0.5) is 0 Å². The van der Waals surface area contributed by atoms with Gasteiger partial charge < -0.3 is 19.7 Å². The zero-order valence-corrected chi connectivity index (χ0v) is 13.8. The van der Waals surface area contributed by atoms with Gasteiger partial charge in [0.25, 0.3) is 5.91 Å². The summed E-state index contributed by atoms with van der Waals surface area (Å²) in [6, 6.07) is 5.97. The summed E-state index contributed by atoms with van der Waals surface area (Å²) in [4.78, 5) is 13.4. The molecule has 5 nitrogen and oxygen atoms in total. The highest BCUT2D eigenvalue weighted by Crippen LogP contribution is 2.25. The van der Waals surface area contributed by atoms with Crippen molar-refractivity contribution in [3.8, 4) is 11.5 Å². The predicted octanol–water partition coefficient (Wildman–Crippen LogP) is 2.05. The first-order valence-electron chi connectivity index (χ1n) is 7.13. The van der Waals surface area contributed by atoms with Crippen molar-refractivity contribution in [2.24, 2.45) is 0 Å². The summed E-state index contributed by atoms with van der Waals surface area (Å²) in [6.45, 7) is 6.58. The number of carbonyl (C=O) groups excluding carboxylic acids is 1. The molecular formula is C16H26N2O3. The number of carbonyl (C=O) groups is 1. The second-order valence-electron chi connectivity index (χ2n) is 5.50. The molecule has 0 aromatic heterocycles. The Balaban J connectivity index is 2.91. The Labute approximate surface area is 127 Å². The van der Waals surface area contributed by atoms with Crippen LogP contribution in [-0.2, 0) is 11.3 Å². The van der Waals surface area contributed by atoms with Gasteiger partial charge in [-0.1, -0.05) is 13.8 Å². The molecule has 0 aliphatic heterocycles. The van der Waals surface area contributed by atoms with Gasteiger partial charge in [0.2, 0.25) is 0 Å². The van der Waals surface area contributed by atoms with Gasteiger partial charge >= 0.3 is 0 Å². The van der Waals surface area contributed by atoms with E-state index in [9.17, 15) is 4.79 Å². The number of nitrogens with zero attached hydrogens (tertiary/aromatic N) is 1. The Morgan fingerprint density at radius 1 is 1.29 bits per heavy atom. The van der Waals surface area contributed by atoms with E-state index in [0.29, 0.717) is 18.3 Å². The highest BCUT2D eigenvalue weighted by atomic mass is 16.5. The van der Waals surface area contributed by atoms with Gasteiger partial charge in [0.05, 0.1) is 7.11 Å². The van der Waals surface area contributed by atoms with E-state index >= 15 is 0 Å². The minimum absolute atomic E-state index is 0.0615. The maximum Gasteiger partial charge on any atom is 0.262 e. The van der Waals surface area contributed by atoms with Crippen LogP contribution in [0.3, 0.4) is 0 Å². The van der Waals surface area contributed by atoms with Crippen LogP contribution in [0.1, 0.15) is 26.3 Å². The Hall–Kier alpha value is -1.75. The highest BCUT2D eigenvalue weighted by Gasteiger charge is 2.18. The number of ether oxygens (including phenoxy) is 2. The molecule has 1 atom stereocenters. The third-order valence-corrected chi connectivity index (χ3v) is 3.06. The summed E-state index contributed by atoms with van der Waals surface area (Å²) < 4.78 is 11.1. The van der Waals surface area contributed by atoms with Crippen LogP contribution in [0.15, 0.2) is 18.2 Å². The van der Waals surface area contributed by atoms with Gasteiger partial charge in [-0.2, -0.15) is 0 Å². The standard InChI is InChI=1S/C16H26N2O3/c1-11(2)17-10-13-9-14(20-6)7-8-15(13)21-12(3)16(19)18(4)5/h7-9,11-12,17H,10H2,1-6H3. The lowest BCUT2D eigenvalue weighted by atomic mass is 10.1. The van der Waals surface area contributed by atoms with Gasteiger partial charge in [-0.3, -0.25) is 4.79 Å². The largest absolute Gasteiger partial charge is 0.497 e. The Morgan fingerprint density at radius 3 is 2.48 bits per heavy atom. The molecule has 1 N–H and O–H groups in total. The van der Waals surface area contributed by atoms with E-state index in [2.05, 4.69) is 19.2 Å². The van der Waals surface area contributed by atoms with Crippen LogP contribution in [0.2, 0.25) is 0 Å². The maximum atomic E-state index is 11.9. The van der Waals surface area contributed by atoms with E-state index in [1.807, 2.05) is 18.2 Å². The zero-order valence-electron chi connectivity index (χ0n) is 13.8. The summed E-state index contributed by atoms with van der Waals surface area (Å²) in [5.74, 6) is 1.41. The number of rotatable bonds is 7. The molecule has 0 saturated carbocycles. The molecule has 0 aliphatic rings. The first-order valence-corrected chi connectivity index (χ1v) is 7.13. The smallest absolute Gasteiger partial charge is 0.262 e. The van der Waals surface area contributed by atoms with Crippen molar-refractivity contribution < 1.29 is 14.3 Å². The molecular weight excluding hydrogens is 268 g/mol. The molecule has 0 radical (unpaired) electrons. The molecule has 0 aliphatic carbocycles. The molecule has 5 heteroatoms. The molecule has 0 heterocycles. The van der Waals surface area contributed by atoms with Gasteiger partial charge in [0.15, 0.2) is 6.10 Å². The number of hydrogen-bond acceptors (Lipinski definition) is 4. The first kappa shape index (κ1) is 17.3. The quantitative estimate of drug-likeness (QED) is 0.836. The molecule has 0 spiro atoms. The second kappa shape index (κ2) is 7.88. The van der Waals surface area contributed by atoms with Crippen molar-refractivity contribution in [1.82, 2.24) is 10.2 Å². The van der Waals surface area contributed by atoms with Crippen molar-refractivity contribution in [3.63, 3.8) is 0 Å². The Morgan fingerprint density at radius 2 is 1.95 bits per heavy atom. The minimum Gasteiger partial charge on any atom is -0.497 e.